The average molecular weight is 525 g/mol. The van der Waals surface area contributed by atoms with Gasteiger partial charge in [0.25, 0.3) is 21.5 Å². The number of Topliss-reactive ketones (excluding diaryl/α,β-unsaturated/α-hetero) is 1. The third-order valence-electron chi connectivity index (χ3n) is 4.14. The van der Waals surface area contributed by atoms with Gasteiger partial charge in [-0.25, -0.2) is 8.42 Å². The van der Waals surface area contributed by atoms with Crippen molar-refractivity contribution < 1.29 is 45.9 Å². The van der Waals surface area contributed by atoms with Crippen LogP contribution >= 0.6 is 11.6 Å². The van der Waals surface area contributed by atoms with Gasteiger partial charge in [-0.3, -0.25) is 24.4 Å². The molecule has 2 rings (SSSR count). The van der Waals surface area contributed by atoms with Gasteiger partial charge in [-0.2, -0.15) is 13.2 Å². The molecule has 1 atom stereocenters. The Bertz CT molecular complexity index is 1250. The smallest absolute Gasteiger partial charge is 0.451 e. The molecule has 0 saturated heterocycles. The molecule has 0 heterocycles. The number of alkyl halides is 3. The van der Waals surface area contributed by atoms with Crippen molar-refractivity contribution in [1.29, 1.82) is 0 Å². The largest absolute Gasteiger partial charge is 0.508 e. The van der Waals surface area contributed by atoms with E-state index in [4.69, 9.17) is 16.3 Å². The van der Waals surface area contributed by atoms with Crippen LogP contribution in [-0.4, -0.2) is 42.5 Å². The van der Waals surface area contributed by atoms with E-state index in [1.165, 1.54) is 13.8 Å². The number of carbonyl (C=O) groups is 2. The van der Waals surface area contributed by atoms with Crippen LogP contribution < -0.4 is 4.72 Å². The van der Waals surface area contributed by atoms with Gasteiger partial charge in [-0.05, 0) is 38.1 Å². The molecule has 0 aliphatic heterocycles. The number of hydrogen-bond donors (Lipinski definition) is 2. The number of halogens is 4. The average Bonchev–Trinajstić information content (AvgIpc) is 2.69. The Morgan fingerprint density at radius 3 is 2.32 bits per heavy atom. The Morgan fingerprint density at radius 2 is 1.79 bits per heavy atom. The second-order valence-corrected chi connectivity index (χ2v) is 9.09. The van der Waals surface area contributed by atoms with Crippen LogP contribution in [0.3, 0.4) is 0 Å². The zero-order chi connectivity index (χ0) is 26.0. The van der Waals surface area contributed by atoms with Crippen LogP contribution in [0.25, 0.3) is 0 Å². The molecule has 2 aromatic carbocycles. The van der Waals surface area contributed by atoms with E-state index in [1.54, 1.807) is 0 Å². The van der Waals surface area contributed by atoms with E-state index in [0.717, 1.165) is 24.3 Å². The lowest BCUT2D eigenvalue weighted by molar-refractivity contribution is -0.385. The molecule has 10 nitrogen and oxygen atoms in total. The molecule has 0 fully saturated rings. The summed E-state index contributed by atoms with van der Waals surface area (Å²) in [6.07, 6.45) is -6.39. The van der Waals surface area contributed by atoms with Gasteiger partial charge in [-0.1, -0.05) is 11.6 Å². The van der Waals surface area contributed by atoms with Crippen molar-refractivity contribution in [2.75, 3.05) is 4.72 Å². The first-order valence-electron chi connectivity index (χ1n) is 9.15. The second-order valence-electron chi connectivity index (χ2n) is 7.03. The van der Waals surface area contributed by atoms with Crippen LogP contribution in [0.2, 0.25) is 5.02 Å². The molecule has 0 unspecified atom stereocenters. The van der Waals surface area contributed by atoms with Gasteiger partial charge in [0.1, 0.15) is 10.6 Å². The van der Waals surface area contributed by atoms with Crippen LogP contribution in [0.1, 0.15) is 25.3 Å². The fraction of sp³-hybridized carbons (Fsp3) is 0.263. The van der Waals surface area contributed by atoms with Crippen LogP contribution in [0.15, 0.2) is 41.3 Å². The first-order valence-corrected chi connectivity index (χ1v) is 11.0. The van der Waals surface area contributed by atoms with Crippen molar-refractivity contribution in [3.63, 3.8) is 0 Å². The van der Waals surface area contributed by atoms with Crippen molar-refractivity contribution in [3.05, 3.63) is 57.1 Å². The van der Waals surface area contributed by atoms with Crippen molar-refractivity contribution in [3.8, 4) is 5.75 Å². The molecule has 0 aliphatic rings. The van der Waals surface area contributed by atoms with E-state index >= 15 is 0 Å². The summed E-state index contributed by atoms with van der Waals surface area (Å²) >= 11 is 5.83. The molecule has 0 amide bonds. The number of sulfonamides is 1. The molecule has 0 saturated carbocycles. The van der Waals surface area contributed by atoms with Crippen LogP contribution in [0.4, 0.5) is 24.5 Å². The number of nitro benzene ring substituents is 1. The predicted molar refractivity (Wildman–Crippen MR) is 112 cm³/mol. The maximum absolute atomic E-state index is 13.1. The number of ketones is 1. The van der Waals surface area contributed by atoms with E-state index in [2.05, 4.69) is 0 Å². The summed E-state index contributed by atoms with van der Waals surface area (Å²) in [5, 5.41) is 20.6. The summed E-state index contributed by atoms with van der Waals surface area (Å²) in [4.78, 5) is 33.6. The minimum Gasteiger partial charge on any atom is -0.508 e. The minimum absolute atomic E-state index is 0.400. The highest BCUT2D eigenvalue weighted by atomic mass is 35.5. The third kappa shape index (κ3) is 6.14. The SMILES string of the molecule is CC(C)OC(=O)[C@H](C(=O)C(F)(F)F)c1cc(NS(=O)(=O)c2cc([N+](=O)[O-])ccc2Cl)ccc1O. The number of rotatable bonds is 8. The van der Waals surface area contributed by atoms with Gasteiger partial charge >= 0.3 is 12.1 Å². The summed E-state index contributed by atoms with van der Waals surface area (Å²) in [6.45, 7) is 2.64. The number of nitro groups is 1. The molecular formula is C19H16ClF3N2O8S. The summed E-state index contributed by atoms with van der Waals surface area (Å²) < 4.78 is 71.5. The van der Waals surface area contributed by atoms with Gasteiger partial charge in [0.2, 0.25) is 0 Å². The lowest BCUT2D eigenvalue weighted by Crippen LogP contribution is -2.35. The van der Waals surface area contributed by atoms with Crippen LogP contribution in [0.5, 0.6) is 5.75 Å². The summed E-state index contributed by atoms with van der Waals surface area (Å²) in [5.41, 5.74) is -1.96. The highest BCUT2D eigenvalue weighted by molar-refractivity contribution is 7.92. The summed E-state index contributed by atoms with van der Waals surface area (Å²) in [6, 6.07) is 4.87. The molecule has 0 bridgehead atoms. The third-order valence-corrected chi connectivity index (χ3v) is 6.00. The number of phenolic OH excluding ortho intramolecular Hbond substituents is 1. The zero-order valence-corrected chi connectivity index (χ0v) is 18.9. The molecule has 2 N–H and O–H groups in total. The van der Waals surface area contributed by atoms with E-state index in [1.807, 2.05) is 4.72 Å². The molecule has 15 heteroatoms. The number of nitrogens with zero attached hydrogens (tertiary/aromatic N) is 1. The number of ether oxygens (including phenoxy) is 1. The molecule has 2 aromatic rings. The number of phenols is 1. The quantitative estimate of drug-likeness (QED) is 0.173. The standard InChI is InChI=1S/C19H16ClF3N2O8S/c1-9(2)33-18(28)16(17(27)19(21,22)23)12-7-10(3-6-14(12)26)24-34(31,32)15-8-11(25(29)30)4-5-13(15)20/h3-9,16,24,26H,1-2H3/t16-/m0/s1. The van der Waals surface area contributed by atoms with Gasteiger partial charge in [-0.15, -0.1) is 0 Å². The molecular weight excluding hydrogens is 509 g/mol. The van der Waals surface area contributed by atoms with Gasteiger partial charge in [0, 0.05) is 23.4 Å². The lowest BCUT2D eigenvalue weighted by Gasteiger charge is -2.20. The number of hydrogen-bond acceptors (Lipinski definition) is 8. The van der Waals surface area contributed by atoms with Crippen LogP contribution in [-0.2, 0) is 24.3 Å². The highest BCUT2D eigenvalue weighted by Crippen LogP contribution is 2.36. The number of carbonyl (C=O) groups excluding carboxylic acids is 2. The van der Waals surface area contributed by atoms with Gasteiger partial charge < -0.3 is 9.84 Å². The molecule has 0 aromatic heterocycles. The van der Waals surface area contributed by atoms with E-state index in [9.17, 15) is 46.4 Å². The second kappa shape index (κ2) is 9.85. The first-order chi connectivity index (χ1) is 15.5. The van der Waals surface area contributed by atoms with Crippen molar-refractivity contribution in [2.45, 2.75) is 36.9 Å². The van der Waals surface area contributed by atoms with Gasteiger partial charge in [0.05, 0.1) is 16.0 Å². The topological polar surface area (TPSA) is 153 Å². The first kappa shape index (κ1) is 26.9. The van der Waals surface area contributed by atoms with E-state index in [0.29, 0.717) is 12.1 Å². The van der Waals surface area contributed by atoms with E-state index < -0.39 is 77.5 Å². The van der Waals surface area contributed by atoms with Crippen LogP contribution in [0, 0.1) is 10.1 Å². The predicted octanol–water partition coefficient (Wildman–Crippen LogP) is 3.92. The summed E-state index contributed by atoms with van der Waals surface area (Å²) in [7, 11) is -4.63. The fourth-order valence-electron chi connectivity index (χ4n) is 2.71. The number of aromatic hydroxyl groups is 1. The van der Waals surface area contributed by atoms with Crippen molar-refractivity contribution >= 4 is 44.8 Å². The monoisotopic (exact) mass is 524 g/mol. The maximum atomic E-state index is 13.1. The summed E-state index contributed by atoms with van der Waals surface area (Å²) in [5.74, 6) is -7.72. The Hall–Kier alpha value is -3.39. The number of benzene rings is 2. The molecule has 0 radical (unpaired) electrons. The minimum atomic E-state index is -5.49. The highest BCUT2D eigenvalue weighted by Gasteiger charge is 2.49. The number of anilines is 1. The Labute approximate surface area is 195 Å². The Balaban J connectivity index is 2.56. The number of esters is 1. The van der Waals surface area contributed by atoms with Crippen molar-refractivity contribution in [1.82, 2.24) is 0 Å². The molecule has 34 heavy (non-hydrogen) atoms. The Kier molecular flexibility index (Phi) is 7.78. The van der Waals surface area contributed by atoms with Crippen molar-refractivity contribution in [2.24, 2.45) is 0 Å². The normalized spacial score (nSPS) is 12.8. The Morgan fingerprint density at radius 1 is 1.18 bits per heavy atom. The van der Waals surface area contributed by atoms with Gasteiger partial charge in [0.15, 0.2) is 5.92 Å². The molecule has 0 spiro atoms. The number of nitrogens with one attached hydrogen (secondary N) is 1. The maximum Gasteiger partial charge on any atom is 0.451 e. The zero-order valence-electron chi connectivity index (χ0n) is 17.3. The fourth-order valence-corrected chi connectivity index (χ4v) is 4.28. The lowest BCUT2D eigenvalue weighted by atomic mass is 9.93. The van der Waals surface area contributed by atoms with E-state index in [-0.39, 0.29) is 0 Å². The molecule has 184 valence electrons. The molecule has 0 aliphatic carbocycles. The number of non-ortho nitro benzene ring substituents is 1.